The lowest BCUT2D eigenvalue weighted by molar-refractivity contribution is 0.112. The van der Waals surface area contributed by atoms with Gasteiger partial charge in [-0.1, -0.05) is 11.9 Å². The van der Waals surface area contributed by atoms with Crippen molar-refractivity contribution in [3.63, 3.8) is 0 Å². The Morgan fingerprint density at radius 2 is 2.05 bits per heavy atom. The number of carbonyl (C=O) groups excluding carboxylic acids is 1. The zero-order valence-corrected chi connectivity index (χ0v) is 13.4. The first-order chi connectivity index (χ1) is 10.3. The molecule has 0 N–H and O–H groups in total. The van der Waals surface area contributed by atoms with E-state index in [9.17, 15) is 4.79 Å². The van der Waals surface area contributed by atoms with E-state index in [-0.39, 0.29) is 0 Å². The van der Waals surface area contributed by atoms with E-state index in [1.807, 2.05) is 30.1 Å². The van der Waals surface area contributed by atoms with Crippen LogP contribution in [0, 0.1) is 5.92 Å². The predicted molar refractivity (Wildman–Crippen MR) is 87.1 cm³/mol. The van der Waals surface area contributed by atoms with Crippen molar-refractivity contribution >= 4 is 18.2 Å². The highest BCUT2D eigenvalue weighted by Crippen LogP contribution is 2.44. The number of piperidine rings is 1. The number of carbonyl (C=O) groups is 1. The van der Waals surface area contributed by atoms with Crippen LogP contribution in [0.15, 0.2) is 18.2 Å². The van der Waals surface area contributed by atoms with Gasteiger partial charge in [0.1, 0.15) is 12.0 Å². The van der Waals surface area contributed by atoms with Gasteiger partial charge < -0.3 is 4.74 Å². The molecule has 1 aliphatic carbocycles. The van der Waals surface area contributed by atoms with E-state index in [2.05, 4.69) is 10.6 Å². The van der Waals surface area contributed by atoms with Gasteiger partial charge >= 0.3 is 0 Å². The summed E-state index contributed by atoms with van der Waals surface area (Å²) in [5, 5.41) is 0. The third-order valence-corrected chi connectivity index (χ3v) is 5.37. The Morgan fingerprint density at radius 3 is 2.67 bits per heavy atom. The Labute approximate surface area is 131 Å². The molecule has 2 aliphatic rings. The topological polar surface area (TPSA) is 29.5 Å². The molecule has 21 heavy (non-hydrogen) atoms. The van der Waals surface area contributed by atoms with E-state index >= 15 is 0 Å². The summed E-state index contributed by atoms with van der Waals surface area (Å²) in [7, 11) is 0. The van der Waals surface area contributed by atoms with Crippen molar-refractivity contribution in [2.45, 2.75) is 31.6 Å². The molecule has 1 aromatic rings. The van der Waals surface area contributed by atoms with Crippen molar-refractivity contribution in [2.24, 2.45) is 5.92 Å². The van der Waals surface area contributed by atoms with E-state index in [1.165, 1.54) is 31.2 Å². The van der Waals surface area contributed by atoms with Crippen LogP contribution < -0.4 is 4.74 Å². The first-order valence-corrected chi connectivity index (χ1v) is 8.99. The van der Waals surface area contributed by atoms with Gasteiger partial charge in [0.25, 0.3) is 0 Å². The van der Waals surface area contributed by atoms with Crippen LogP contribution >= 0.6 is 11.9 Å². The highest BCUT2D eigenvalue weighted by molar-refractivity contribution is 7.96. The van der Waals surface area contributed by atoms with Crippen molar-refractivity contribution in [3.05, 3.63) is 29.3 Å². The lowest BCUT2D eigenvalue weighted by Gasteiger charge is -2.30. The van der Waals surface area contributed by atoms with Crippen LogP contribution in [0.1, 0.15) is 47.5 Å². The second-order valence-electron chi connectivity index (χ2n) is 6.06. The van der Waals surface area contributed by atoms with Crippen LogP contribution in [-0.4, -0.2) is 36.5 Å². The fourth-order valence-corrected chi connectivity index (χ4v) is 3.53. The van der Waals surface area contributed by atoms with E-state index in [4.69, 9.17) is 4.74 Å². The Morgan fingerprint density at radius 1 is 1.29 bits per heavy atom. The summed E-state index contributed by atoms with van der Waals surface area (Å²) in [5.41, 5.74) is 2.00. The smallest absolute Gasteiger partial charge is 0.150 e. The molecule has 0 aromatic heterocycles. The van der Waals surface area contributed by atoms with Crippen molar-refractivity contribution in [2.75, 3.05) is 26.0 Å². The summed E-state index contributed by atoms with van der Waals surface area (Å²) in [5.74, 6) is 2.26. The van der Waals surface area contributed by atoms with E-state index in [0.29, 0.717) is 11.8 Å². The molecule has 0 radical (unpaired) electrons. The van der Waals surface area contributed by atoms with Gasteiger partial charge in [0, 0.05) is 18.7 Å². The molecule has 0 spiro atoms. The highest BCUT2D eigenvalue weighted by Gasteiger charge is 2.27. The lowest BCUT2D eigenvalue weighted by Crippen LogP contribution is -2.30. The molecule has 114 valence electrons. The average molecular weight is 305 g/mol. The minimum atomic E-state index is 0.609. The van der Waals surface area contributed by atoms with Gasteiger partial charge in [-0.2, -0.15) is 0 Å². The highest BCUT2D eigenvalue weighted by atomic mass is 32.2. The molecule has 1 aliphatic heterocycles. The van der Waals surface area contributed by atoms with E-state index < -0.39 is 0 Å². The van der Waals surface area contributed by atoms with Crippen LogP contribution in [0.3, 0.4) is 0 Å². The summed E-state index contributed by atoms with van der Waals surface area (Å²) in [4.78, 5) is 10.9. The maximum Gasteiger partial charge on any atom is 0.150 e. The Kier molecular flexibility index (Phi) is 4.86. The van der Waals surface area contributed by atoms with Crippen LogP contribution in [0.2, 0.25) is 0 Å². The van der Waals surface area contributed by atoms with Crippen molar-refractivity contribution in [1.82, 2.24) is 4.31 Å². The molecule has 0 bridgehead atoms. The van der Waals surface area contributed by atoms with E-state index in [0.717, 1.165) is 37.3 Å². The number of hydrogen-bond donors (Lipinski definition) is 0. The number of rotatable bonds is 6. The van der Waals surface area contributed by atoms with Gasteiger partial charge in [-0.25, -0.2) is 0 Å². The first kappa shape index (κ1) is 14.9. The molecule has 1 saturated heterocycles. The molecule has 1 heterocycles. The van der Waals surface area contributed by atoms with Gasteiger partial charge in [0.05, 0.1) is 6.61 Å². The number of benzene rings is 1. The summed E-state index contributed by atoms with van der Waals surface area (Å²) in [6.07, 6.45) is 7.95. The SMILES string of the molecule is CSN1CCC(COc2ccc(C=O)cc2C2CC2)CC1. The molecule has 2 fully saturated rings. The van der Waals surface area contributed by atoms with Gasteiger partial charge in [0.15, 0.2) is 0 Å². The molecule has 0 amide bonds. The Bertz CT molecular complexity index is 494. The second-order valence-corrected chi connectivity index (χ2v) is 6.94. The average Bonchev–Trinajstić information content (AvgIpc) is 3.38. The predicted octanol–water partition coefficient (Wildman–Crippen LogP) is 3.75. The quantitative estimate of drug-likeness (QED) is 0.591. The molecule has 1 aromatic carbocycles. The normalized spacial score (nSPS) is 20.4. The fourth-order valence-electron chi connectivity index (χ4n) is 2.95. The third kappa shape index (κ3) is 3.80. The molecule has 0 unspecified atom stereocenters. The van der Waals surface area contributed by atoms with Gasteiger partial charge in [-0.3, -0.25) is 9.10 Å². The largest absolute Gasteiger partial charge is 0.493 e. The fraction of sp³-hybridized carbons (Fsp3) is 0.588. The monoisotopic (exact) mass is 305 g/mol. The summed E-state index contributed by atoms with van der Waals surface area (Å²) >= 11 is 1.84. The van der Waals surface area contributed by atoms with Crippen LogP contribution in [-0.2, 0) is 0 Å². The molecule has 3 nitrogen and oxygen atoms in total. The minimum absolute atomic E-state index is 0.609. The lowest BCUT2D eigenvalue weighted by atomic mass is 9.99. The second kappa shape index (κ2) is 6.84. The minimum Gasteiger partial charge on any atom is -0.493 e. The van der Waals surface area contributed by atoms with Crippen molar-refractivity contribution < 1.29 is 9.53 Å². The number of hydrogen-bond acceptors (Lipinski definition) is 4. The van der Waals surface area contributed by atoms with Gasteiger partial charge in [-0.05, 0) is 67.5 Å². The summed E-state index contributed by atoms with van der Waals surface area (Å²) in [6, 6.07) is 5.86. The Balaban J connectivity index is 1.59. The molecule has 0 atom stereocenters. The Hall–Kier alpha value is -1.00. The number of nitrogens with zero attached hydrogens (tertiary/aromatic N) is 1. The summed E-state index contributed by atoms with van der Waals surface area (Å²) < 4.78 is 8.53. The zero-order valence-electron chi connectivity index (χ0n) is 12.6. The molecule has 3 rings (SSSR count). The van der Waals surface area contributed by atoms with Gasteiger partial charge in [0.2, 0.25) is 0 Å². The molecular weight excluding hydrogens is 282 g/mol. The first-order valence-electron chi connectivity index (χ1n) is 7.81. The standard InChI is InChI=1S/C17H23NO2S/c1-21-18-8-6-13(7-9-18)12-20-17-5-2-14(11-19)10-16(17)15-3-4-15/h2,5,10-11,13,15H,3-4,6-9,12H2,1H3. The van der Waals surface area contributed by atoms with Crippen LogP contribution in [0.25, 0.3) is 0 Å². The van der Waals surface area contributed by atoms with Crippen LogP contribution in [0.5, 0.6) is 5.75 Å². The zero-order chi connectivity index (χ0) is 14.7. The molecule has 1 saturated carbocycles. The third-order valence-electron chi connectivity index (χ3n) is 4.49. The van der Waals surface area contributed by atoms with Crippen molar-refractivity contribution in [3.8, 4) is 5.75 Å². The number of aldehydes is 1. The van der Waals surface area contributed by atoms with Gasteiger partial charge in [-0.15, -0.1) is 0 Å². The number of ether oxygens (including phenoxy) is 1. The molecule has 4 heteroatoms. The van der Waals surface area contributed by atoms with Crippen molar-refractivity contribution in [1.29, 1.82) is 0 Å². The maximum atomic E-state index is 10.9. The maximum absolute atomic E-state index is 10.9. The molecular formula is C17H23NO2S. The summed E-state index contributed by atoms with van der Waals surface area (Å²) in [6.45, 7) is 3.13. The van der Waals surface area contributed by atoms with E-state index in [1.54, 1.807) is 0 Å². The van der Waals surface area contributed by atoms with Crippen LogP contribution in [0.4, 0.5) is 0 Å².